The second kappa shape index (κ2) is 3.61. The molecule has 1 aromatic rings. The van der Waals surface area contributed by atoms with Crippen LogP contribution in [0.4, 0.5) is 0 Å². The van der Waals surface area contributed by atoms with Crippen LogP contribution in [0.2, 0.25) is 10.0 Å². The second-order valence-electron chi connectivity index (χ2n) is 3.32. The monoisotopic (exact) mass is 232 g/mol. The fourth-order valence-corrected chi connectivity index (χ4v) is 2.20. The SMILES string of the molecule is CCC1Oc2c(Cl)cc(Cl)cc2C1O. The van der Waals surface area contributed by atoms with Gasteiger partial charge in [-0.05, 0) is 18.6 Å². The standard InChI is InChI=1S/C10H10Cl2O2/c1-2-8-9(13)6-3-5(11)4-7(12)10(6)14-8/h3-4,8-9,13H,2H2,1H3. The third-order valence-corrected chi connectivity index (χ3v) is 2.88. The highest BCUT2D eigenvalue weighted by Crippen LogP contribution is 2.44. The van der Waals surface area contributed by atoms with Gasteiger partial charge < -0.3 is 9.84 Å². The summed E-state index contributed by atoms with van der Waals surface area (Å²) in [7, 11) is 0. The first-order valence-electron chi connectivity index (χ1n) is 4.47. The number of halogens is 2. The molecule has 0 aromatic heterocycles. The zero-order chi connectivity index (χ0) is 10.3. The number of benzene rings is 1. The van der Waals surface area contributed by atoms with Crippen LogP contribution in [0.3, 0.4) is 0 Å². The average Bonchev–Trinajstić information content (AvgIpc) is 2.44. The number of aliphatic hydroxyl groups excluding tert-OH is 1. The van der Waals surface area contributed by atoms with Gasteiger partial charge in [0, 0.05) is 10.6 Å². The van der Waals surface area contributed by atoms with Crippen LogP contribution in [-0.2, 0) is 0 Å². The first-order valence-corrected chi connectivity index (χ1v) is 5.22. The molecule has 4 heteroatoms. The van der Waals surface area contributed by atoms with Gasteiger partial charge in [0.15, 0.2) is 0 Å². The van der Waals surface area contributed by atoms with Gasteiger partial charge >= 0.3 is 0 Å². The summed E-state index contributed by atoms with van der Waals surface area (Å²) in [6, 6.07) is 3.32. The molecule has 1 aliphatic heterocycles. The number of hydrogen-bond acceptors (Lipinski definition) is 2. The lowest BCUT2D eigenvalue weighted by Gasteiger charge is -2.10. The molecule has 0 bridgehead atoms. The molecule has 1 N–H and O–H groups in total. The van der Waals surface area contributed by atoms with E-state index < -0.39 is 6.10 Å². The van der Waals surface area contributed by atoms with Gasteiger partial charge in [-0.25, -0.2) is 0 Å². The average molecular weight is 233 g/mol. The van der Waals surface area contributed by atoms with E-state index in [4.69, 9.17) is 27.9 Å². The molecule has 0 radical (unpaired) electrons. The molecule has 2 nitrogen and oxygen atoms in total. The molecule has 1 aromatic carbocycles. The zero-order valence-electron chi connectivity index (χ0n) is 7.63. The molecule has 0 fully saturated rings. The van der Waals surface area contributed by atoms with Crippen molar-refractivity contribution in [3.05, 3.63) is 27.7 Å². The topological polar surface area (TPSA) is 29.5 Å². The molecule has 0 aliphatic carbocycles. The van der Waals surface area contributed by atoms with Gasteiger partial charge in [0.1, 0.15) is 18.0 Å². The first kappa shape index (κ1) is 10.1. The lowest BCUT2D eigenvalue weighted by atomic mass is 10.1. The highest BCUT2D eigenvalue weighted by Gasteiger charge is 2.33. The third-order valence-electron chi connectivity index (χ3n) is 2.38. The Morgan fingerprint density at radius 2 is 2.14 bits per heavy atom. The van der Waals surface area contributed by atoms with E-state index in [1.54, 1.807) is 12.1 Å². The van der Waals surface area contributed by atoms with Gasteiger partial charge in [-0.2, -0.15) is 0 Å². The smallest absolute Gasteiger partial charge is 0.144 e. The summed E-state index contributed by atoms with van der Waals surface area (Å²) in [4.78, 5) is 0. The van der Waals surface area contributed by atoms with E-state index >= 15 is 0 Å². The second-order valence-corrected chi connectivity index (χ2v) is 4.16. The van der Waals surface area contributed by atoms with Gasteiger partial charge in [0.05, 0.1) is 5.02 Å². The number of aliphatic hydroxyl groups is 1. The van der Waals surface area contributed by atoms with Crippen molar-refractivity contribution in [1.29, 1.82) is 0 Å². The molecule has 0 saturated heterocycles. The minimum absolute atomic E-state index is 0.207. The van der Waals surface area contributed by atoms with Crippen molar-refractivity contribution < 1.29 is 9.84 Å². The zero-order valence-corrected chi connectivity index (χ0v) is 9.14. The highest BCUT2D eigenvalue weighted by atomic mass is 35.5. The van der Waals surface area contributed by atoms with E-state index in [9.17, 15) is 5.11 Å². The summed E-state index contributed by atoms with van der Waals surface area (Å²) < 4.78 is 5.51. The largest absolute Gasteiger partial charge is 0.485 e. The Balaban J connectivity index is 2.48. The Labute approximate surface area is 92.4 Å². The number of ether oxygens (including phenoxy) is 1. The minimum atomic E-state index is -0.619. The molecule has 1 aliphatic rings. The first-order chi connectivity index (χ1) is 6.63. The van der Waals surface area contributed by atoms with Gasteiger partial charge in [-0.1, -0.05) is 30.1 Å². The van der Waals surface area contributed by atoms with Crippen LogP contribution in [0.25, 0.3) is 0 Å². The normalized spacial score (nSPS) is 24.6. The van der Waals surface area contributed by atoms with E-state index in [0.717, 1.165) is 6.42 Å². The van der Waals surface area contributed by atoms with Crippen LogP contribution in [-0.4, -0.2) is 11.2 Å². The van der Waals surface area contributed by atoms with E-state index in [1.807, 2.05) is 6.92 Å². The number of rotatable bonds is 1. The van der Waals surface area contributed by atoms with Crippen LogP contribution in [0.5, 0.6) is 5.75 Å². The molecule has 1 heterocycles. The minimum Gasteiger partial charge on any atom is -0.485 e. The van der Waals surface area contributed by atoms with E-state index in [1.165, 1.54) is 0 Å². The number of hydrogen-bond donors (Lipinski definition) is 1. The van der Waals surface area contributed by atoms with Crippen LogP contribution < -0.4 is 4.74 Å². The van der Waals surface area contributed by atoms with Crippen molar-refractivity contribution in [2.75, 3.05) is 0 Å². The molecular weight excluding hydrogens is 223 g/mol. The van der Waals surface area contributed by atoms with Crippen LogP contribution in [0.1, 0.15) is 25.0 Å². The maximum atomic E-state index is 9.85. The lowest BCUT2D eigenvalue weighted by molar-refractivity contribution is 0.0654. The van der Waals surface area contributed by atoms with Crippen molar-refractivity contribution in [2.24, 2.45) is 0 Å². The Hall–Kier alpha value is -0.440. The Kier molecular flexibility index (Phi) is 2.60. The Morgan fingerprint density at radius 1 is 1.43 bits per heavy atom. The maximum absolute atomic E-state index is 9.85. The van der Waals surface area contributed by atoms with Gasteiger partial charge in [-0.15, -0.1) is 0 Å². The van der Waals surface area contributed by atoms with E-state index in [-0.39, 0.29) is 6.10 Å². The predicted octanol–water partition coefficient (Wildman–Crippen LogP) is 3.20. The molecule has 76 valence electrons. The molecule has 0 amide bonds. The highest BCUT2D eigenvalue weighted by molar-refractivity contribution is 6.35. The lowest BCUT2D eigenvalue weighted by Crippen LogP contribution is -2.16. The predicted molar refractivity (Wildman–Crippen MR) is 56.1 cm³/mol. The molecule has 2 unspecified atom stereocenters. The fourth-order valence-electron chi connectivity index (χ4n) is 1.65. The Bertz CT molecular complexity index is 365. The third kappa shape index (κ3) is 1.48. The van der Waals surface area contributed by atoms with Crippen LogP contribution in [0, 0.1) is 0 Å². The molecule has 0 spiro atoms. The van der Waals surface area contributed by atoms with Crippen molar-refractivity contribution in [1.82, 2.24) is 0 Å². The molecule has 2 rings (SSSR count). The molecular formula is C10H10Cl2O2. The number of fused-ring (bicyclic) bond motifs is 1. The fraction of sp³-hybridized carbons (Fsp3) is 0.400. The summed E-state index contributed by atoms with van der Waals surface area (Å²) in [6.07, 6.45) is -0.0868. The van der Waals surface area contributed by atoms with Crippen molar-refractivity contribution in [3.63, 3.8) is 0 Å². The quantitative estimate of drug-likeness (QED) is 0.806. The summed E-state index contributed by atoms with van der Waals surface area (Å²) in [5.74, 6) is 0.565. The van der Waals surface area contributed by atoms with Crippen LogP contribution >= 0.6 is 23.2 Å². The van der Waals surface area contributed by atoms with Crippen molar-refractivity contribution in [3.8, 4) is 5.75 Å². The van der Waals surface area contributed by atoms with Crippen molar-refractivity contribution >= 4 is 23.2 Å². The summed E-state index contributed by atoms with van der Waals surface area (Å²) in [6.45, 7) is 1.95. The summed E-state index contributed by atoms with van der Waals surface area (Å²) in [5.41, 5.74) is 0.689. The molecule has 14 heavy (non-hydrogen) atoms. The summed E-state index contributed by atoms with van der Waals surface area (Å²) in [5, 5.41) is 10.8. The summed E-state index contributed by atoms with van der Waals surface area (Å²) >= 11 is 11.8. The van der Waals surface area contributed by atoms with Gasteiger partial charge in [0.2, 0.25) is 0 Å². The maximum Gasteiger partial charge on any atom is 0.144 e. The molecule has 0 saturated carbocycles. The van der Waals surface area contributed by atoms with Crippen LogP contribution in [0.15, 0.2) is 12.1 Å². The molecule has 2 atom stereocenters. The van der Waals surface area contributed by atoms with Crippen molar-refractivity contribution in [2.45, 2.75) is 25.6 Å². The Morgan fingerprint density at radius 3 is 2.79 bits per heavy atom. The van der Waals surface area contributed by atoms with E-state index in [2.05, 4.69) is 0 Å². The van der Waals surface area contributed by atoms with E-state index in [0.29, 0.717) is 21.4 Å². The van der Waals surface area contributed by atoms with Gasteiger partial charge in [-0.3, -0.25) is 0 Å². The van der Waals surface area contributed by atoms with Gasteiger partial charge in [0.25, 0.3) is 0 Å².